The quantitative estimate of drug-likeness (QED) is 0.380. The molecule has 3 aromatic heterocycles. The molecule has 0 atom stereocenters. The van der Waals surface area contributed by atoms with Gasteiger partial charge in [-0.05, 0) is 49.1 Å². The van der Waals surface area contributed by atoms with Gasteiger partial charge in [-0.15, -0.1) is 11.3 Å². The average Bonchev–Trinajstić information content (AvgIpc) is 3.49. The normalized spacial score (nSPS) is 11.2. The van der Waals surface area contributed by atoms with Crippen molar-refractivity contribution in [2.45, 2.75) is 20.4 Å². The second-order valence-electron chi connectivity index (χ2n) is 7.40. The van der Waals surface area contributed by atoms with Crippen LogP contribution < -0.4 is 16.0 Å². The zero-order chi connectivity index (χ0) is 22.9. The fourth-order valence-electron chi connectivity index (χ4n) is 3.73. The first-order valence-electron chi connectivity index (χ1n) is 10.4. The first-order chi connectivity index (χ1) is 16.1. The molecule has 0 aliphatic rings. The Morgan fingerprint density at radius 3 is 2.76 bits per heavy atom. The molecule has 3 heterocycles. The summed E-state index contributed by atoms with van der Waals surface area (Å²) in [5, 5.41) is 5.86. The summed E-state index contributed by atoms with van der Waals surface area (Å²) in [7, 11) is 0. The van der Waals surface area contributed by atoms with Gasteiger partial charge in [-0.25, -0.2) is 9.36 Å². The molecule has 2 aromatic carbocycles. The first kappa shape index (κ1) is 20.9. The topological polar surface area (TPSA) is 92.2 Å². The smallest absolute Gasteiger partial charge is 0.336 e. The third-order valence-corrected chi connectivity index (χ3v) is 6.17. The van der Waals surface area contributed by atoms with Gasteiger partial charge in [0.15, 0.2) is 0 Å². The molecule has 9 heteroatoms. The van der Waals surface area contributed by atoms with Crippen molar-refractivity contribution < 1.29 is 9.26 Å². The van der Waals surface area contributed by atoms with Crippen molar-refractivity contribution in [3.63, 3.8) is 0 Å². The summed E-state index contributed by atoms with van der Waals surface area (Å²) in [5.41, 5.74) is 1.86. The molecule has 166 valence electrons. The van der Waals surface area contributed by atoms with Gasteiger partial charge in [0.25, 0.3) is 5.56 Å². The van der Waals surface area contributed by atoms with Gasteiger partial charge >= 0.3 is 5.69 Å². The van der Waals surface area contributed by atoms with Crippen LogP contribution in [0.1, 0.15) is 18.4 Å². The molecule has 5 rings (SSSR count). The minimum atomic E-state index is -0.460. The number of hydrogen-bond acceptors (Lipinski definition) is 7. The third-order valence-electron chi connectivity index (χ3n) is 5.28. The SMILES string of the molecule is CCOc1cccc(-c2noc(Cn3c(=O)n(-c4ccccc4C)c(=O)c4sccc43)n2)c1. The van der Waals surface area contributed by atoms with E-state index < -0.39 is 5.69 Å². The fourth-order valence-corrected chi connectivity index (χ4v) is 4.55. The summed E-state index contributed by atoms with van der Waals surface area (Å²) >= 11 is 1.30. The van der Waals surface area contributed by atoms with Gasteiger partial charge in [-0.2, -0.15) is 4.98 Å². The van der Waals surface area contributed by atoms with Gasteiger partial charge in [0, 0.05) is 5.56 Å². The second-order valence-corrected chi connectivity index (χ2v) is 8.32. The van der Waals surface area contributed by atoms with Crippen LogP contribution in [-0.2, 0) is 6.54 Å². The maximum absolute atomic E-state index is 13.5. The Labute approximate surface area is 192 Å². The Balaban J connectivity index is 1.59. The minimum Gasteiger partial charge on any atom is -0.494 e. The molecule has 0 saturated carbocycles. The molecule has 0 radical (unpaired) electrons. The number of para-hydroxylation sites is 1. The number of hydrogen-bond donors (Lipinski definition) is 0. The number of ether oxygens (including phenoxy) is 1. The molecular formula is C24H20N4O4S. The number of nitrogens with zero attached hydrogens (tertiary/aromatic N) is 4. The van der Waals surface area contributed by atoms with Crippen molar-refractivity contribution in [1.82, 2.24) is 19.3 Å². The Morgan fingerprint density at radius 2 is 1.94 bits per heavy atom. The number of fused-ring (bicyclic) bond motifs is 1. The third kappa shape index (κ3) is 3.76. The molecule has 0 bridgehead atoms. The highest BCUT2D eigenvalue weighted by molar-refractivity contribution is 7.17. The molecule has 8 nitrogen and oxygen atoms in total. The summed E-state index contributed by atoms with van der Waals surface area (Å²) in [4.78, 5) is 31.1. The monoisotopic (exact) mass is 460 g/mol. The Hall–Kier alpha value is -3.98. The number of benzene rings is 2. The number of aromatic nitrogens is 4. The highest BCUT2D eigenvalue weighted by atomic mass is 32.1. The van der Waals surface area contributed by atoms with E-state index in [2.05, 4.69) is 10.1 Å². The number of thiophene rings is 1. The molecule has 33 heavy (non-hydrogen) atoms. The number of aryl methyl sites for hydroxylation is 1. The van der Waals surface area contributed by atoms with E-state index in [1.807, 2.05) is 50.2 Å². The van der Waals surface area contributed by atoms with Crippen molar-refractivity contribution in [3.8, 4) is 22.8 Å². The second kappa shape index (κ2) is 8.51. The lowest BCUT2D eigenvalue weighted by Gasteiger charge is -2.12. The van der Waals surface area contributed by atoms with E-state index in [1.165, 1.54) is 20.5 Å². The summed E-state index contributed by atoms with van der Waals surface area (Å²) in [6, 6.07) is 16.5. The Morgan fingerprint density at radius 1 is 1.09 bits per heavy atom. The molecule has 5 aromatic rings. The largest absolute Gasteiger partial charge is 0.494 e. The Bertz CT molecular complexity index is 1580. The van der Waals surface area contributed by atoms with E-state index in [1.54, 1.807) is 23.6 Å². The molecule has 0 fully saturated rings. The van der Waals surface area contributed by atoms with Gasteiger partial charge in [0.2, 0.25) is 11.7 Å². The van der Waals surface area contributed by atoms with Crippen LogP contribution in [0.15, 0.2) is 74.1 Å². The first-order valence-corrected chi connectivity index (χ1v) is 11.3. The van der Waals surface area contributed by atoms with Crippen LogP contribution in [0.5, 0.6) is 5.75 Å². The van der Waals surface area contributed by atoms with Crippen LogP contribution in [0.2, 0.25) is 0 Å². The van der Waals surface area contributed by atoms with Crippen molar-refractivity contribution in [2.75, 3.05) is 6.61 Å². The van der Waals surface area contributed by atoms with Crippen LogP contribution in [0.4, 0.5) is 0 Å². The maximum Gasteiger partial charge on any atom is 0.336 e. The number of rotatable bonds is 6. The standard InChI is InChI=1S/C24H20N4O4S/c1-3-31-17-9-6-8-16(13-17)22-25-20(32-26-22)14-27-19-11-12-33-21(19)23(29)28(24(27)30)18-10-5-4-7-15(18)2/h4-13H,3,14H2,1-2H3. The van der Waals surface area contributed by atoms with E-state index in [9.17, 15) is 9.59 Å². The average molecular weight is 461 g/mol. The van der Waals surface area contributed by atoms with Gasteiger partial charge in [0.05, 0.1) is 17.8 Å². The van der Waals surface area contributed by atoms with E-state index in [4.69, 9.17) is 9.26 Å². The molecule has 0 spiro atoms. The zero-order valence-electron chi connectivity index (χ0n) is 18.0. The van der Waals surface area contributed by atoms with Crippen molar-refractivity contribution in [3.05, 3.63) is 92.3 Å². The van der Waals surface area contributed by atoms with Gasteiger partial charge in [-0.3, -0.25) is 9.36 Å². The van der Waals surface area contributed by atoms with Crippen LogP contribution in [0.3, 0.4) is 0 Å². The molecule has 0 aliphatic heterocycles. The van der Waals surface area contributed by atoms with Crippen molar-refractivity contribution in [2.24, 2.45) is 0 Å². The molecule has 0 unspecified atom stereocenters. The van der Waals surface area contributed by atoms with Gasteiger partial charge in [0.1, 0.15) is 17.0 Å². The molecule has 0 amide bonds. The highest BCUT2D eigenvalue weighted by Gasteiger charge is 2.19. The van der Waals surface area contributed by atoms with Crippen LogP contribution >= 0.6 is 11.3 Å². The van der Waals surface area contributed by atoms with E-state index in [-0.39, 0.29) is 18.0 Å². The fraction of sp³-hybridized carbons (Fsp3) is 0.167. The van der Waals surface area contributed by atoms with Gasteiger partial charge < -0.3 is 9.26 Å². The van der Waals surface area contributed by atoms with E-state index in [0.717, 1.165) is 11.1 Å². The lowest BCUT2D eigenvalue weighted by molar-refractivity contribution is 0.340. The summed E-state index contributed by atoms with van der Waals surface area (Å²) < 4.78 is 14.2. The summed E-state index contributed by atoms with van der Waals surface area (Å²) in [5.74, 6) is 1.37. The Kier molecular flexibility index (Phi) is 5.39. The zero-order valence-corrected chi connectivity index (χ0v) is 18.8. The lowest BCUT2D eigenvalue weighted by Crippen LogP contribution is -2.39. The van der Waals surface area contributed by atoms with E-state index >= 15 is 0 Å². The summed E-state index contributed by atoms with van der Waals surface area (Å²) in [6.07, 6.45) is 0. The lowest BCUT2D eigenvalue weighted by atomic mass is 10.2. The minimum absolute atomic E-state index is 0.0381. The molecule has 0 saturated heterocycles. The van der Waals surface area contributed by atoms with Gasteiger partial charge in [-0.1, -0.05) is 35.5 Å². The summed E-state index contributed by atoms with van der Waals surface area (Å²) in [6.45, 7) is 4.37. The predicted molar refractivity (Wildman–Crippen MR) is 126 cm³/mol. The van der Waals surface area contributed by atoms with Crippen LogP contribution in [0, 0.1) is 6.92 Å². The predicted octanol–water partition coefficient (Wildman–Crippen LogP) is 4.02. The van der Waals surface area contributed by atoms with E-state index in [0.29, 0.717) is 34.1 Å². The maximum atomic E-state index is 13.5. The van der Waals surface area contributed by atoms with Crippen molar-refractivity contribution >= 4 is 21.6 Å². The van der Waals surface area contributed by atoms with Crippen LogP contribution in [-0.4, -0.2) is 25.9 Å². The van der Waals surface area contributed by atoms with Crippen LogP contribution in [0.25, 0.3) is 27.3 Å². The molecular weight excluding hydrogens is 440 g/mol. The highest BCUT2D eigenvalue weighted by Crippen LogP contribution is 2.23. The van der Waals surface area contributed by atoms with Crippen molar-refractivity contribution in [1.29, 1.82) is 0 Å². The molecule has 0 N–H and O–H groups in total. The molecule has 0 aliphatic carbocycles.